The molecule has 152 valence electrons. The van der Waals surface area contributed by atoms with Gasteiger partial charge in [0.2, 0.25) is 5.88 Å². The summed E-state index contributed by atoms with van der Waals surface area (Å²) in [4.78, 5) is 11.1. The van der Waals surface area contributed by atoms with Crippen molar-refractivity contribution < 1.29 is 14.2 Å². The molecule has 1 aromatic carbocycles. The first-order chi connectivity index (χ1) is 13.9. The molecule has 2 aliphatic heterocycles. The Morgan fingerprint density at radius 1 is 1.21 bits per heavy atom. The predicted octanol–water partition coefficient (Wildman–Crippen LogP) is 2.79. The minimum Gasteiger partial charge on any atom is -0.474 e. The first kappa shape index (κ1) is 19.6. The Bertz CT molecular complexity index is 911. The van der Waals surface area contributed by atoms with Gasteiger partial charge in [-0.25, -0.2) is 4.98 Å². The fourth-order valence-electron chi connectivity index (χ4n) is 3.86. The molecular weight excluding hydrogens is 368 g/mol. The van der Waals surface area contributed by atoms with Crippen LogP contribution < -0.4 is 9.64 Å². The van der Waals surface area contributed by atoms with Crippen molar-refractivity contribution in [1.29, 1.82) is 5.26 Å². The number of hydrogen-bond donors (Lipinski definition) is 0. The Labute approximate surface area is 171 Å². The molecule has 7 heteroatoms. The Morgan fingerprint density at radius 3 is 2.48 bits per heavy atom. The Morgan fingerprint density at radius 2 is 1.90 bits per heavy atom. The molecule has 1 fully saturated rings. The maximum absolute atomic E-state index is 9.85. The van der Waals surface area contributed by atoms with Gasteiger partial charge < -0.3 is 19.1 Å². The second-order valence-corrected chi connectivity index (χ2v) is 7.90. The molecule has 7 nitrogen and oxygen atoms in total. The molecule has 0 bridgehead atoms. The smallest absolute Gasteiger partial charge is 0.237 e. The molecule has 0 spiro atoms. The summed E-state index contributed by atoms with van der Waals surface area (Å²) in [7, 11) is 0. The minimum atomic E-state index is -0.611. The summed E-state index contributed by atoms with van der Waals surface area (Å²) >= 11 is 0. The number of hydrogen-bond acceptors (Lipinski definition) is 7. The van der Waals surface area contributed by atoms with Gasteiger partial charge >= 0.3 is 0 Å². The van der Waals surface area contributed by atoms with Crippen LogP contribution in [0.4, 0.5) is 5.82 Å². The van der Waals surface area contributed by atoms with Crippen LogP contribution in [-0.4, -0.2) is 48.2 Å². The van der Waals surface area contributed by atoms with Crippen LogP contribution in [0.2, 0.25) is 0 Å². The lowest BCUT2D eigenvalue weighted by atomic mass is 10.0. The van der Waals surface area contributed by atoms with Crippen LogP contribution in [0.15, 0.2) is 24.3 Å². The molecule has 0 aliphatic carbocycles. The zero-order valence-corrected chi connectivity index (χ0v) is 17.1. The standard InChI is InChI=1S/C22H26N4O3/c1-15-24-20(26-10-8-16-6-4-5-7-17(16)9-11-26)19(12-23)21(25-15)27-13-18-14-28-22(2,3)29-18/h4-7,18H,8-11,13-14H2,1-3H3. The highest BCUT2D eigenvalue weighted by Crippen LogP contribution is 2.29. The monoisotopic (exact) mass is 394 g/mol. The number of ether oxygens (including phenoxy) is 3. The summed E-state index contributed by atoms with van der Waals surface area (Å²) in [5.41, 5.74) is 3.09. The fraction of sp³-hybridized carbons (Fsp3) is 0.500. The van der Waals surface area contributed by atoms with Gasteiger partial charge in [0.05, 0.1) is 6.61 Å². The van der Waals surface area contributed by atoms with Crippen LogP contribution in [0.3, 0.4) is 0 Å². The Kier molecular flexibility index (Phi) is 5.39. The lowest BCUT2D eigenvalue weighted by Crippen LogP contribution is -2.29. The normalized spacial score (nSPS) is 20.6. The number of anilines is 1. The molecule has 2 aromatic rings. The van der Waals surface area contributed by atoms with Crippen molar-refractivity contribution in [3.63, 3.8) is 0 Å². The first-order valence-corrected chi connectivity index (χ1v) is 10.0. The molecule has 29 heavy (non-hydrogen) atoms. The van der Waals surface area contributed by atoms with Crippen LogP contribution >= 0.6 is 0 Å². The van der Waals surface area contributed by atoms with Gasteiger partial charge in [-0.05, 0) is 44.7 Å². The second-order valence-electron chi connectivity index (χ2n) is 7.90. The van der Waals surface area contributed by atoms with Gasteiger partial charge in [0.1, 0.15) is 24.6 Å². The van der Waals surface area contributed by atoms with E-state index >= 15 is 0 Å². The van der Waals surface area contributed by atoms with Crippen molar-refractivity contribution in [2.24, 2.45) is 0 Å². The van der Waals surface area contributed by atoms with Crippen LogP contribution in [0.5, 0.6) is 5.88 Å². The zero-order chi connectivity index (χ0) is 20.4. The Balaban J connectivity index is 1.54. The number of benzene rings is 1. The van der Waals surface area contributed by atoms with E-state index in [9.17, 15) is 5.26 Å². The maximum Gasteiger partial charge on any atom is 0.237 e. The van der Waals surface area contributed by atoms with E-state index in [-0.39, 0.29) is 12.7 Å². The number of fused-ring (bicyclic) bond motifs is 1. The number of aromatic nitrogens is 2. The highest BCUT2D eigenvalue weighted by atomic mass is 16.7. The van der Waals surface area contributed by atoms with E-state index < -0.39 is 5.79 Å². The SMILES string of the molecule is Cc1nc(OCC2COC(C)(C)O2)c(C#N)c(N2CCc3ccccc3CC2)n1. The third kappa shape index (κ3) is 4.34. The zero-order valence-electron chi connectivity index (χ0n) is 17.1. The lowest BCUT2D eigenvalue weighted by molar-refractivity contribution is -0.141. The molecule has 1 unspecified atom stereocenters. The van der Waals surface area contributed by atoms with E-state index in [4.69, 9.17) is 14.2 Å². The quantitative estimate of drug-likeness (QED) is 0.789. The van der Waals surface area contributed by atoms with Crippen molar-refractivity contribution in [2.75, 3.05) is 31.2 Å². The minimum absolute atomic E-state index is 0.192. The molecule has 0 N–H and O–H groups in total. The molecule has 0 saturated carbocycles. The molecule has 3 heterocycles. The van der Waals surface area contributed by atoms with Gasteiger partial charge in [-0.1, -0.05) is 24.3 Å². The summed E-state index contributed by atoms with van der Waals surface area (Å²) in [5.74, 6) is 0.927. The van der Waals surface area contributed by atoms with Gasteiger partial charge in [-0.15, -0.1) is 0 Å². The summed E-state index contributed by atoms with van der Waals surface area (Å²) in [6.07, 6.45) is 1.65. The summed E-state index contributed by atoms with van der Waals surface area (Å²) in [5, 5.41) is 9.85. The van der Waals surface area contributed by atoms with Crippen LogP contribution in [0.1, 0.15) is 36.4 Å². The van der Waals surface area contributed by atoms with E-state index in [0.29, 0.717) is 29.7 Å². The van der Waals surface area contributed by atoms with Crippen molar-refractivity contribution in [3.8, 4) is 11.9 Å². The second kappa shape index (κ2) is 7.97. The van der Waals surface area contributed by atoms with Gasteiger partial charge in [0, 0.05) is 13.1 Å². The van der Waals surface area contributed by atoms with E-state index in [1.54, 1.807) is 0 Å². The van der Waals surface area contributed by atoms with Crippen molar-refractivity contribution in [3.05, 3.63) is 46.8 Å². The molecule has 1 saturated heterocycles. The number of nitrogens with zero attached hydrogens (tertiary/aromatic N) is 4. The fourth-order valence-corrected chi connectivity index (χ4v) is 3.86. The van der Waals surface area contributed by atoms with Gasteiger partial charge in [-0.3, -0.25) is 0 Å². The average molecular weight is 394 g/mol. The molecule has 0 amide bonds. The first-order valence-electron chi connectivity index (χ1n) is 10.0. The van der Waals surface area contributed by atoms with Crippen molar-refractivity contribution in [1.82, 2.24) is 9.97 Å². The topological polar surface area (TPSA) is 80.5 Å². The highest BCUT2D eigenvalue weighted by Gasteiger charge is 2.33. The van der Waals surface area contributed by atoms with Crippen LogP contribution in [0, 0.1) is 18.3 Å². The molecular formula is C22H26N4O3. The average Bonchev–Trinajstić information content (AvgIpc) is 2.92. The van der Waals surface area contributed by atoms with Crippen LogP contribution in [-0.2, 0) is 22.3 Å². The third-order valence-corrected chi connectivity index (χ3v) is 5.27. The van der Waals surface area contributed by atoms with E-state index in [2.05, 4.69) is 45.2 Å². The summed E-state index contributed by atoms with van der Waals surface area (Å²) < 4.78 is 17.3. The maximum atomic E-state index is 9.85. The van der Waals surface area contributed by atoms with Gasteiger partial charge in [0.15, 0.2) is 17.2 Å². The highest BCUT2D eigenvalue weighted by molar-refractivity contribution is 5.59. The lowest BCUT2D eigenvalue weighted by Gasteiger charge is -2.24. The van der Waals surface area contributed by atoms with Crippen molar-refractivity contribution in [2.45, 2.75) is 45.5 Å². The summed E-state index contributed by atoms with van der Waals surface area (Å²) in [6, 6.07) is 10.8. The molecule has 1 atom stereocenters. The van der Waals surface area contributed by atoms with E-state index in [0.717, 1.165) is 25.9 Å². The number of rotatable bonds is 4. The number of aryl methyl sites for hydroxylation is 1. The molecule has 0 radical (unpaired) electrons. The summed E-state index contributed by atoms with van der Waals surface area (Å²) in [6.45, 7) is 7.90. The number of nitriles is 1. The third-order valence-electron chi connectivity index (χ3n) is 5.27. The van der Waals surface area contributed by atoms with Gasteiger partial charge in [0.25, 0.3) is 0 Å². The Hall–Kier alpha value is -2.69. The molecule has 2 aliphatic rings. The van der Waals surface area contributed by atoms with E-state index in [1.165, 1.54) is 11.1 Å². The van der Waals surface area contributed by atoms with Crippen molar-refractivity contribution >= 4 is 5.82 Å². The van der Waals surface area contributed by atoms with Gasteiger partial charge in [-0.2, -0.15) is 10.2 Å². The largest absolute Gasteiger partial charge is 0.474 e. The molecule has 1 aromatic heterocycles. The van der Waals surface area contributed by atoms with Crippen LogP contribution in [0.25, 0.3) is 0 Å². The predicted molar refractivity (Wildman–Crippen MR) is 108 cm³/mol. The van der Waals surface area contributed by atoms with E-state index in [1.807, 2.05) is 20.8 Å². The molecule has 4 rings (SSSR count).